The van der Waals surface area contributed by atoms with Gasteiger partial charge in [0.2, 0.25) is 0 Å². The van der Waals surface area contributed by atoms with Crippen LogP contribution in [0, 0.1) is 0 Å². The van der Waals surface area contributed by atoms with Crippen LogP contribution in [0.4, 0.5) is 0 Å². The molecule has 0 aliphatic carbocycles. The average molecular weight is 259 g/mol. The highest BCUT2D eigenvalue weighted by Gasteiger charge is 1.99. The molecule has 0 aliphatic rings. The maximum Gasteiger partial charge on any atom is 0.116 e. The molecule has 1 rings (SSSR count). The molecule has 1 heterocycles. The van der Waals surface area contributed by atoms with Gasteiger partial charge in [-0.1, -0.05) is 11.6 Å². The topological polar surface area (TPSA) is 25.8 Å². The third kappa shape index (κ3) is 3.91. The van der Waals surface area contributed by atoms with E-state index in [4.69, 9.17) is 0 Å². The first kappa shape index (κ1) is 10.7. The Morgan fingerprint density at radius 1 is 1.62 bits per heavy atom. The van der Waals surface area contributed by atoms with Crippen LogP contribution in [0.15, 0.2) is 33.7 Å². The molecule has 1 aromatic rings. The van der Waals surface area contributed by atoms with Crippen molar-refractivity contribution >= 4 is 27.7 Å². The van der Waals surface area contributed by atoms with Gasteiger partial charge in [0.25, 0.3) is 0 Å². The summed E-state index contributed by atoms with van der Waals surface area (Å²) in [5, 5.41) is 0.993. The molecule has 0 N–H and O–H groups in total. The number of allylic oxidation sites excluding steroid dienone is 1. The maximum absolute atomic E-state index is 4.15. The van der Waals surface area contributed by atoms with Crippen LogP contribution < -0.4 is 0 Å². The normalized spacial score (nSPS) is 9.77. The Labute approximate surface area is 91.0 Å². The fourth-order valence-corrected chi connectivity index (χ4v) is 2.15. The Hall–Kier alpha value is -0.350. The van der Waals surface area contributed by atoms with Crippen molar-refractivity contribution in [1.29, 1.82) is 0 Å². The summed E-state index contributed by atoms with van der Waals surface area (Å²) in [6.45, 7) is 4.19. The molecule has 1 aromatic heterocycles. The van der Waals surface area contributed by atoms with Crippen molar-refractivity contribution in [2.45, 2.75) is 18.9 Å². The smallest absolute Gasteiger partial charge is 0.116 e. The third-order valence-corrected chi connectivity index (χ3v) is 3.12. The van der Waals surface area contributed by atoms with Crippen LogP contribution in [-0.2, 0) is 0 Å². The van der Waals surface area contributed by atoms with E-state index < -0.39 is 0 Å². The molecule has 70 valence electrons. The third-order valence-electron chi connectivity index (χ3n) is 1.35. The summed E-state index contributed by atoms with van der Waals surface area (Å²) in [5.41, 5.74) is 1.33. The molecule has 0 aliphatic heterocycles. The molecule has 0 radical (unpaired) electrons. The van der Waals surface area contributed by atoms with Gasteiger partial charge < -0.3 is 0 Å². The second-order valence-electron chi connectivity index (χ2n) is 2.77. The van der Waals surface area contributed by atoms with Crippen molar-refractivity contribution < 1.29 is 0 Å². The van der Waals surface area contributed by atoms with Gasteiger partial charge >= 0.3 is 0 Å². The van der Waals surface area contributed by atoms with Gasteiger partial charge in [-0.2, -0.15) is 0 Å². The van der Waals surface area contributed by atoms with Crippen molar-refractivity contribution in [3.63, 3.8) is 0 Å². The summed E-state index contributed by atoms with van der Waals surface area (Å²) >= 11 is 5.10. The minimum absolute atomic E-state index is 0.956. The highest BCUT2D eigenvalue weighted by Crippen LogP contribution is 2.23. The van der Waals surface area contributed by atoms with Gasteiger partial charge in [-0.25, -0.2) is 9.97 Å². The van der Waals surface area contributed by atoms with E-state index in [-0.39, 0.29) is 0 Å². The van der Waals surface area contributed by atoms with Crippen LogP contribution in [-0.4, -0.2) is 15.7 Å². The number of nitrogens with zero attached hydrogens (tertiary/aromatic N) is 2. The zero-order chi connectivity index (χ0) is 9.68. The maximum atomic E-state index is 4.15. The first-order valence-corrected chi connectivity index (χ1v) is 5.69. The molecule has 0 amide bonds. The Balaban J connectivity index is 2.55. The Morgan fingerprint density at radius 3 is 3.00 bits per heavy atom. The molecule has 0 aromatic carbocycles. The fourth-order valence-electron chi connectivity index (χ4n) is 0.695. The van der Waals surface area contributed by atoms with Crippen molar-refractivity contribution in [2.75, 3.05) is 5.75 Å². The van der Waals surface area contributed by atoms with Crippen molar-refractivity contribution in [3.8, 4) is 0 Å². The monoisotopic (exact) mass is 258 g/mol. The van der Waals surface area contributed by atoms with E-state index in [0.717, 1.165) is 15.3 Å². The van der Waals surface area contributed by atoms with E-state index in [1.807, 2.05) is 0 Å². The molecule has 0 fully saturated rings. The van der Waals surface area contributed by atoms with Gasteiger partial charge in [0, 0.05) is 11.9 Å². The van der Waals surface area contributed by atoms with Crippen LogP contribution in [0.5, 0.6) is 0 Å². The van der Waals surface area contributed by atoms with Crippen LogP contribution in [0.25, 0.3) is 0 Å². The number of hydrogen-bond acceptors (Lipinski definition) is 3. The summed E-state index contributed by atoms with van der Waals surface area (Å²) in [4.78, 5) is 8.05. The predicted octanol–water partition coefficient (Wildman–Crippen LogP) is 3.30. The summed E-state index contributed by atoms with van der Waals surface area (Å²) in [6.07, 6.45) is 5.51. The number of hydrogen-bond donors (Lipinski definition) is 0. The lowest BCUT2D eigenvalue weighted by molar-refractivity contribution is 1.03. The molecule has 0 spiro atoms. The van der Waals surface area contributed by atoms with Crippen LogP contribution in [0.1, 0.15) is 13.8 Å². The number of thioether (sulfide) groups is 1. The van der Waals surface area contributed by atoms with Gasteiger partial charge in [0.15, 0.2) is 0 Å². The molecule has 13 heavy (non-hydrogen) atoms. The summed E-state index contributed by atoms with van der Waals surface area (Å²) in [5.74, 6) is 0.956. The Bertz CT molecular complexity index is 308. The lowest BCUT2D eigenvalue weighted by Crippen LogP contribution is -1.84. The number of rotatable bonds is 3. The zero-order valence-electron chi connectivity index (χ0n) is 7.62. The molecule has 0 saturated heterocycles. The standard InChI is InChI=1S/C9H11BrN2S/c1-7(2)3-4-13-9-8(10)5-11-6-12-9/h3,5-6H,4H2,1-2H3. The SMILES string of the molecule is CC(C)=CCSc1ncncc1Br. The first-order valence-electron chi connectivity index (χ1n) is 3.92. The van der Waals surface area contributed by atoms with E-state index in [2.05, 4.69) is 45.8 Å². The molecule has 0 saturated carbocycles. The van der Waals surface area contributed by atoms with Gasteiger partial charge in [0.1, 0.15) is 11.4 Å². The quantitative estimate of drug-likeness (QED) is 0.473. The van der Waals surface area contributed by atoms with Crippen LogP contribution in [0.2, 0.25) is 0 Å². The van der Waals surface area contributed by atoms with Crippen molar-refractivity contribution in [2.24, 2.45) is 0 Å². The first-order chi connectivity index (χ1) is 6.20. The largest absolute Gasteiger partial charge is 0.244 e. The molecular weight excluding hydrogens is 248 g/mol. The second kappa shape index (κ2) is 5.40. The lowest BCUT2D eigenvalue weighted by atomic mass is 10.3. The van der Waals surface area contributed by atoms with E-state index in [9.17, 15) is 0 Å². The second-order valence-corrected chi connectivity index (χ2v) is 4.63. The Kier molecular flexibility index (Phi) is 4.45. The van der Waals surface area contributed by atoms with Gasteiger partial charge in [-0.05, 0) is 29.8 Å². The highest BCUT2D eigenvalue weighted by atomic mass is 79.9. The minimum Gasteiger partial charge on any atom is -0.244 e. The van der Waals surface area contributed by atoms with Crippen molar-refractivity contribution in [3.05, 3.63) is 28.6 Å². The lowest BCUT2D eigenvalue weighted by Gasteiger charge is -1.99. The van der Waals surface area contributed by atoms with E-state index in [1.54, 1.807) is 24.3 Å². The summed E-state index contributed by atoms with van der Waals surface area (Å²) in [6, 6.07) is 0. The molecular formula is C9H11BrN2S. The van der Waals surface area contributed by atoms with Gasteiger partial charge in [0.05, 0.1) is 4.47 Å². The molecule has 0 atom stereocenters. The zero-order valence-corrected chi connectivity index (χ0v) is 10.0. The molecule has 0 unspecified atom stereocenters. The van der Waals surface area contributed by atoms with Crippen LogP contribution in [0.3, 0.4) is 0 Å². The molecule has 2 nitrogen and oxygen atoms in total. The van der Waals surface area contributed by atoms with E-state index in [1.165, 1.54) is 5.57 Å². The average Bonchev–Trinajstić information content (AvgIpc) is 2.08. The van der Waals surface area contributed by atoms with Gasteiger partial charge in [-0.15, -0.1) is 11.8 Å². The number of aromatic nitrogens is 2. The molecule has 4 heteroatoms. The molecule has 0 bridgehead atoms. The predicted molar refractivity (Wildman–Crippen MR) is 59.9 cm³/mol. The summed E-state index contributed by atoms with van der Waals surface area (Å²) in [7, 11) is 0. The van der Waals surface area contributed by atoms with Crippen molar-refractivity contribution in [1.82, 2.24) is 9.97 Å². The number of halogens is 1. The van der Waals surface area contributed by atoms with E-state index in [0.29, 0.717) is 0 Å². The van der Waals surface area contributed by atoms with E-state index >= 15 is 0 Å². The fraction of sp³-hybridized carbons (Fsp3) is 0.333. The Morgan fingerprint density at radius 2 is 2.38 bits per heavy atom. The highest BCUT2D eigenvalue weighted by molar-refractivity contribution is 9.10. The minimum atomic E-state index is 0.956. The van der Waals surface area contributed by atoms with Crippen LogP contribution >= 0.6 is 27.7 Å². The summed E-state index contributed by atoms with van der Waals surface area (Å²) < 4.78 is 0.960. The van der Waals surface area contributed by atoms with Gasteiger partial charge in [-0.3, -0.25) is 0 Å².